The normalized spacial score (nSPS) is 14.7. The number of carbonyl (C=O) groups excluding carboxylic acids is 8. The van der Waals surface area contributed by atoms with Crippen molar-refractivity contribution in [2.45, 2.75) is 112 Å². The van der Waals surface area contributed by atoms with Gasteiger partial charge in [0.2, 0.25) is 47.0 Å². The molecule has 0 aliphatic carbocycles. The van der Waals surface area contributed by atoms with Crippen LogP contribution in [-0.4, -0.2) is 212 Å². The first-order chi connectivity index (χ1) is 48.0. The lowest BCUT2D eigenvalue weighted by Gasteiger charge is -2.25. The summed E-state index contributed by atoms with van der Waals surface area (Å²) in [5, 5.41) is 22.0. The number of amides is 8. The molecule has 12 N–H and O–H groups in total. The van der Waals surface area contributed by atoms with Gasteiger partial charge < -0.3 is 71.4 Å². The molecule has 0 unspecified atom stereocenters. The molecular formula is C65H92N14O19S3. The van der Waals surface area contributed by atoms with Gasteiger partial charge in [0.1, 0.15) is 48.6 Å². The van der Waals surface area contributed by atoms with Crippen molar-refractivity contribution < 1.29 is 92.7 Å². The van der Waals surface area contributed by atoms with Crippen LogP contribution < -0.4 is 53.7 Å². The Kier molecular flexibility index (Phi) is 34.2. The van der Waals surface area contributed by atoms with Crippen molar-refractivity contribution in [2.75, 3.05) is 127 Å². The molecule has 8 amide bonds. The van der Waals surface area contributed by atoms with Crippen molar-refractivity contribution in [1.29, 1.82) is 0 Å². The predicted molar refractivity (Wildman–Crippen MR) is 373 cm³/mol. The van der Waals surface area contributed by atoms with Crippen molar-refractivity contribution in [3.05, 3.63) is 112 Å². The van der Waals surface area contributed by atoms with Crippen molar-refractivity contribution in [2.24, 2.45) is 16.7 Å². The van der Waals surface area contributed by atoms with E-state index in [9.17, 15) is 64.3 Å². The van der Waals surface area contributed by atoms with Gasteiger partial charge in [-0.2, -0.15) is 13.0 Å². The molecule has 0 spiro atoms. The van der Waals surface area contributed by atoms with Gasteiger partial charge in [0, 0.05) is 109 Å². The fourth-order valence-electron chi connectivity index (χ4n) is 10.9. The molecule has 3 aromatic rings. The van der Waals surface area contributed by atoms with Crippen molar-refractivity contribution in [1.82, 2.24) is 31.9 Å². The van der Waals surface area contributed by atoms with E-state index in [4.69, 9.17) is 36.1 Å². The van der Waals surface area contributed by atoms with E-state index in [0.717, 1.165) is 34.5 Å². The van der Waals surface area contributed by atoms with Crippen LogP contribution >= 0.6 is 11.8 Å². The summed E-state index contributed by atoms with van der Waals surface area (Å²) < 4.78 is 93.6. The number of azide groups is 1. The Labute approximate surface area is 591 Å². The number of ether oxygens (including phenoxy) is 4. The molecule has 0 saturated carbocycles. The SMILES string of the molecule is CCN1/C(=C/C=C/C2=[N+](CCCCCC(=O)NCCNC(=O)c3ccc(NC(=O)CSC[C@H](NC(=O)[C@H](CCCCNC(=O)CON)NC(=O)COCCOCCNC(=O)COCCOCCN=[N+]=[N-])C(N)=O)cc3)c3ccc(S(=O)(=O)O)cc3C2(C)C)C(C)(C)c2cc(S(=O)(=O)[O-])ccc21. The number of nitrogens with zero attached hydrogens (tertiary/aromatic N) is 5. The Balaban J connectivity index is 1.02. The molecule has 0 aromatic heterocycles. The molecule has 0 fully saturated rings. The number of thioether (sulfide) groups is 1. The number of rotatable bonds is 47. The number of nitrogens with one attached hydrogen (secondary N) is 7. The maximum absolute atomic E-state index is 13.6. The topological polar surface area (TPSA) is 486 Å². The zero-order valence-corrected chi connectivity index (χ0v) is 59.7. The lowest BCUT2D eigenvalue weighted by atomic mass is 9.81. The third-order valence-electron chi connectivity index (χ3n) is 16.0. The van der Waals surface area contributed by atoms with Gasteiger partial charge in [-0.3, -0.25) is 47.7 Å². The van der Waals surface area contributed by atoms with Gasteiger partial charge in [0.25, 0.3) is 16.0 Å². The van der Waals surface area contributed by atoms with Crippen molar-refractivity contribution in [3.63, 3.8) is 0 Å². The van der Waals surface area contributed by atoms with Gasteiger partial charge in [-0.15, -0.1) is 11.8 Å². The zero-order chi connectivity index (χ0) is 74.2. The van der Waals surface area contributed by atoms with Crippen LogP contribution in [0.4, 0.5) is 17.1 Å². The molecule has 5 rings (SSSR count). The first kappa shape index (κ1) is 83.3. The van der Waals surface area contributed by atoms with Crippen LogP contribution in [0, 0.1) is 0 Å². The summed E-state index contributed by atoms with van der Waals surface area (Å²) in [6.07, 6.45) is 8.67. The molecule has 554 valence electrons. The van der Waals surface area contributed by atoms with Gasteiger partial charge in [-0.25, -0.2) is 14.3 Å². The van der Waals surface area contributed by atoms with Gasteiger partial charge in [0.15, 0.2) is 5.71 Å². The number of unbranched alkanes of at least 4 members (excludes halogenated alkanes) is 3. The lowest BCUT2D eigenvalue weighted by molar-refractivity contribution is -0.438. The van der Waals surface area contributed by atoms with Crippen LogP contribution in [0.1, 0.15) is 101 Å². The summed E-state index contributed by atoms with van der Waals surface area (Å²) in [7, 11) is -9.20. The van der Waals surface area contributed by atoms with Crippen molar-refractivity contribution >= 4 is 102 Å². The predicted octanol–water partition coefficient (Wildman–Crippen LogP) is 2.37. The van der Waals surface area contributed by atoms with Crippen molar-refractivity contribution in [3.8, 4) is 0 Å². The number of nitrogens with two attached hydrogens (primary N) is 2. The largest absolute Gasteiger partial charge is 0.744 e. The molecular weight excluding hydrogens is 1380 g/mol. The average Bonchev–Trinajstić information content (AvgIpc) is 1.60. The smallest absolute Gasteiger partial charge is 0.294 e. The highest BCUT2D eigenvalue weighted by Gasteiger charge is 2.45. The number of hydrogen-bond acceptors (Lipinski definition) is 22. The van der Waals surface area contributed by atoms with Crippen LogP contribution in [0.5, 0.6) is 0 Å². The van der Waals surface area contributed by atoms with Gasteiger partial charge in [-0.05, 0) is 125 Å². The third kappa shape index (κ3) is 27.1. The fourth-order valence-corrected chi connectivity index (χ4v) is 12.8. The van der Waals surface area contributed by atoms with E-state index in [-0.39, 0.29) is 137 Å². The number of benzene rings is 3. The fraction of sp³-hybridized carbons (Fsp3) is 0.523. The molecule has 36 heteroatoms. The summed E-state index contributed by atoms with van der Waals surface area (Å²) in [5.41, 5.74) is 17.8. The zero-order valence-electron chi connectivity index (χ0n) is 57.2. The molecule has 2 atom stereocenters. The van der Waals surface area contributed by atoms with E-state index in [1.165, 1.54) is 48.5 Å². The molecule has 33 nitrogen and oxygen atoms in total. The van der Waals surface area contributed by atoms with Gasteiger partial charge >= 0.3 is 0 Å². The summed E-state index contributed by atoms with van der Waals surface area (Å²) in [6, 6.07) is 12.5. The second kappa shape index (κ2) is 41.5. The Morgan fingerprint density at radius 2 is 1.36 bits per heavy atom. The van der Waals surface area contributed by atoms with Crippen LogP contribution in [0.3, 0.4) is 0 Å². The second-order valence-corrected chi connectivity index (χ2v) is 28.0. The first-order valence-corrected chi connectivity index (χ1v) is 36.7. The number of anilines is 2. The summed E-state index contributed by atoms with van der Waals surface area (Å²) in [6.45, 7) is 11.6. The van der Waals surface area contributed by atoms with E-state index in [1.54, 1.807) is 12.1 Å². The van der Waals surface area contributed by atoms with E-state index in [0.29, 0.717) is 62.0 Å². The minimum Gasteiger partial charge on any atom is -0.744 e. The number of fused-ring (bicyclic) bond motifs is 2. The number of hydrogen-bond donors (Lipinski definition) is 10. The van der Waals surface area contributed by atoms with Crippen LogP contribution in [0.15, 0.2) is 99.5 Å². The summed E-state index contributed by atoms with van der Waals surface area (Å²) in [5.74, 6) is 0.412. The highest BCUT2D eigenvalue weighted by molar-refractivity contribution is 8.00. The van der Waals surface area contributed by atoms with Gasteiger partial charge in [-0.1, -0.05) is 25.0 Å². The molecule has 101 heavy (non-hydrogen) atoms. The number of allylic oxidation sites excluding steroid dienone is 4. The molecule has 0 bridgehead atoms. The number of carbonyl (C=O) groups is 8. The quantitative estimate of drug-likeness (QED) is 0.00738. The molecule has 0 radical (unpaired) electrons. The summed E-state index contributed by atoms with van der Waals surface area (Å²) in [4.78, 5) is 110. The van der Waals surface area contributed by atoms with Gasteiger partial charge in [0.05, 0.1) is 60.6 Å². The molecule has 3 aromatic carbocycles. The second-order valence-electron chi connectivity index (χ2n) is 24.2. The minimum atomic E-state index is -4.69. The number of likely N-dealkylation sites (N-methyl/N-ethyl adjacent to an activating group) is 1. The third-order valence-corrected chi connectivity index (χ3v) is 18.8. The van der Waals surface area contributed by atoms with Crippen LogP contribution in [0.2, 0.25) is 0 Å². The van der Waals surface area contributed by atoms with E-state index in [2.05, 4.69) is 61.6 Å². The van der Waals surface area contributed by atoms with E-state index < -0.39 is 85.2 Å². The summed E-state index contributed by atoms with van der Waals surface area (Å²) >= 11 is 0.997. The Hall–Kier alpha value is -8.39. The van der Waals surface area contributed by atoms with Crippen LogP contribution in [-0.2, 0) is 88.4 Å². The standard InChI is InChI=1S/C65H92N14O19S3/c1-6-78-52-23-21-46(100(88,89)90)37-48(52)64(2,3)54(78)14-12-15-55-65(4,5)49-38-47(101(91,92)93)22-24-53(49)79(55)30-11-7-8-16-56(80)70-26-27-72-62(86)44-17-19-45(20-18-44)74-60(84)43-99-42-51(61(66)85)76-63(87)50(13-9-10-25-69-58(82)41-98-68)75-59(83)40-97-36-33-94-31-28-71-57(81)39-96-35-34-95-32-29-73-77-67/h12,14-15,17-24,37-38,50-51H,6-11,13,16,25-36,39-43,68H2,1-5H3,(H10-,66,69,70,71,72,74,75,76,80,81,82,83,84,85,86,87,88,89,90,91,92,93)/t50-,51-/m0/s1. The molecule has 0 saturated heterocycles. The highest BCUT2D eigenvalue weighted by Crippen LogP contribution is 2.48. The van der Waals surface area contributed by atoms with Crippen LogP contribution in [0.25, 0.3) is 10.4 Å². The monoisotopic (exact) mass is 1470 g/mol. The Bertz CT molecular complexity index is 3750. The Morgan fingerprint density at radius 3 is 2.03 bits per heavy atom. The van der Waals surface area contributed by atoms with E-state index >= 15 is 0 Å². The highest BCUT2D eigenvalue weighted by atomic mass is 32.2. The number of primary amides is 1. The minimum absolute atomic E-state index is 0.00738. The maximum atomic E-state index is 13.6. The molecule has 2 aliphatic heterocycles. The molecule has 2 aliphatic rings. The average molecular weight is 1470 g/mol. The maximum Gasteiger partial charge on any atom is 0.294 e. The Morgan fingerprint density at radius 1 is 0.713 bits per heavy atom. The molecule has 2 heterocycles. The first-order valence-electron chi connectivity index (χ1n) is 32.7. The lowest BCUT2D eigenvalue weighted by Crippen LogP contribution is -2.54. The van der Waals surface area contributed by atoms with E-state index in [1.807, 2.05) is 52.8 Å².